The molecule has 0 fully saturated rings. The van der Waals surface area contributed by atoms with Crippen LogP contribution in [0, 0.1) is 6.92 Å². The van der Waals surface area contributed by atoms with Crippen molar-refractivity contribution in [1.29, 1.82) is 0 Å². The first-order valence-electron chi connectivity index (χ1n) is 2.45. The summed E-state index contributed by atoms with van der Waals surface area (Å²) < 4.78 is 4.86. The standard InChI is InChI=1S/C6H5ClO2/c1-4-2-5(7)6(3-8)9-4/h2-3H,1H3. The lowest BCUT2D eigenvalue weighted by molar-refractivity contribution is 0.109. The van der Waals surface area contributed by atoms with Crippen LogP contribution in [0.15, 0.2) is 10.5 Å². The molecule has 0 amide bonds. The smallest absolute Gasteiger partial charge is 0.186 e. The van der Waals surface area contributed by atoms with Crippen LogP contribution in [0.5, 0.6) is 0 Å². The Labute approximate surface area is 57.4 Å². The lowest BCUT2D eigenvalue weighted by Gasteiger charge is -1.77. The second-order valence-corrected chi connectivity index (χ2v) is 2.09. The first kappa shape index (κ1) is 6.36. The minimum atomic E-state index is 0.203. The van der Waals surface area contributed by atoms with Gasteiger partial charge in [-0.25, -0.2) is 0 Å². The van der Waals surface area contributed by atoms with Crippen LogP contribution in [0.4, 0.5) is 0 Å². The molecule has 1 heterocycles. The molecule has 1 aromatic heterocycles. The molecule has 0 atom stereocenters. The van der Waals surface area contributed by atoms with E-state index in [4.69, 9.17) is 16.0 Å². The van der Waals surface area contributed by atoms with Crippen molar-refractivity contribution in [2.75, 3.05) is 0 Å². The summed E-state index contributed by atoms with van der Waals surface area (Å²) in [5.74, 6) is 0.858. The summed E-state index contributed by atoms with van der Waals surface area (Å²) in [6, 6.07) is 1.60. The highest BCUT2D eigenvalue weighted by molar-refractivity contribution is 6.32. The lowest BCUT2D eigenvalue weighted by atomic mass is 10.4. The average molecular weight is 145 g/mol. The maximum absolute atomic E-state index is 10.1. The fraction of sp³-hybridized carbons (Fsp3) is 0.167. The number of hydrogen-bond donors (Lipinski definition) is 0. The minimum Gasteiger partial charge on any atom is -0.457 e. The van der Waals surface area contributed by atoms with Gasteiger partial charge in [0.25, 0.3) is 0 Å². The summed E-state index contributed by atoms with van der Waals surface area (Å²) in [4.78, 5) is 10.1. The molecule has 0 saturated carbocycles. The Morgan fingerprint density at radius 3 is 2.67 bits per heavy atom. The molecule has 0 N–H and O–H groups in total. The summed E-state index contributed by atoms with van der Waals surface area (Å²) in [5.41, 5.74) is 0. The normalized spacial score (nSPS) is 9.56. The van der Waals surface area contributed by atoms with E-state index in [1.807, 2.05) is 0 Å². The van der Waals surface area contributed by atoms with Gasteiger partial charge >= 0.3 is 0 Å². The van der Waals surface area contributed by atoms with Gasteiger partial charge in [0, 0.05) is 0 Å². The predicted molar refractivity (Wildman–Crippen MR) is 33.8 cm³/mol. The zero-order chi connectivity index (χ0) is 6.85. The van der Waals surface area contributed by atoms with Crippen LogP contribution < -0.4 is 0 Å². The molecule has 0 aliphatic carbocycles. The van der Waals surface area contributed by atoms with E-state index in [1.165, 1.54) is 0 Å². The van der Waals surface area contributed by atoms with Crippen LogP contribution in [-0.2, 0) is 0 Å². The molecular formula is C6H5ClO2. The summed E-state index contributed by atoms with van der Waals surface area (Å²) in [6.07, 6.45) is 0.593. The third-order valence-electron chi connectivity index (χ3n) is 0.943. The Hall–Kier alpha value is -0.760. The van der Waals surface area contributed by atoms with Gasteiger partial charge < -0.3 is 4.42 Å². The summed E-state index contributed by atoms with van der Waals surface area (Å²) in [6.45, 7) is 1.74. The monoisotopic (exact) mass is 144 g/mol. The Bertz CT molecular complexity index is 227. The molecule has 0 saturated heterocycles. The predicted octanol–water partition coefficient (Wildman–Crippen LogP) is 2.05. The van der Waals surface area contributed by atoms with E-state index in [-0.39, 0.29) is 5.76 Å². The molecule has 0 aromatic carbocycles. The van der Waals surface area contributed by atoms with E-state index in [0.717, 1.165) is 0 Å². The number of hydrogen-bond acceptors (Lipinski definition) is 2. The summed E-state index contributed by atoms with van der Waals surface area (Å²) in [7, 11) is 0. The van der Waals surface area contributed by atoms with Crippen molar-refractivity contribution in [2.24, 2.45) is 0 Å². The molecule has 3 heteroatoms. The van der Waals surface area contributed by atoms with E-state index < -0.39 is 0 Å². The van der Waals surface area contributed by atoms with Crippen molar-refractivity contribution >= 4 is 17.9 Å². The second kappa shape index (κ2) is 2.23. The average Bonchev–Trinajstić information content (AvgIpc) is 2.10. The van der Waals surface area contributed by atoms with Crippen molar-refractivity contribution in [2.45, 2.75) is 6.92 Å². The third kappa shape index (κ3) is 1.13. The highest BCUT2D eigenvalue weighted by atomic mass is 35.5. The van der Waals surface area contributed by atoms with Gasteiger partial charge in [-0.1, -0.05) is 11.6 Å². The van der Waals surface area contributed by atoms with Gasteiger partial charge in [-0.2, -0.15) is 0 Å². The van der Waals surface area contributed by atoms with Crippen molar-refractivity contribution in [3.63, 3.8) is 0 Å². The number of aldehydes is 1. The van der Waals surface area contributed by atoms with Gasteiger partial charge in [0.2, 0.25) is 0 Å². The van der Waals surface area contributed by atoms with Crippen molar-refractivity contribution < 1.29 is 9.21 Å². The van der Waals surface area contributed by atoms with E-state index >= 15 is 0 Å². The Kier molecular flexibility index (Phi) is 1.58. The number of halogens is 1. The highest BCUT2D eigenvalue weighted by Gasteiger charge is 2.02. The first-order chi connectivity index (χ1) is 4.24. The van der Waals surface area contributed by atoms with Gasteiger partial charge in [0.15, 0.2) is 12.0 Å². The molecular weight excluding hydrogens is 140 g/mol. The third-order valence-corrected chi connectivity index (χ3v) is 1.24. The molecule has 9 heavy (non-hydrogen) atoms. The summed E-state index contributed by atoms with van der Waals surface area (Å²) in [5, 5.41) is 0.377. The lowest BCUT2D eigenvalue weighted by Crippen LogP contribution is -1.70. The van der Waals surface area contributed by atoms with Gasteiger partial charge in [0.1, 0.15) is 5.76 Å². The molecule has 0 unspecified atom stereocenters. The zero-order valence-electron chi connectivity index (χ0n) is 4.85. The van der Waals surface area contributed by atoms with E-state index in [9.17, 15) is 4.79 Å². The van der Waals surface area contributed by atoms with Crippen molar-refractivity contribution in [3.8, 4) is 0 Å². The fourth-order valence-electron chi connectivity index (χ4n) is 0.582. The summed E-state index contributed by atoms with van der Waals surface area (Å²) >= 11 is 5.52. The Balaban J connectivity index is 3.15. The second-order valence-electron chi connectivity index (χ2n) is 1.69. The number of rotatable bonds is 1. The molecule has 1 rings (SSSR count). The maximum atomic E-state index is 10.1. The van der Waals surface area contributed by atoms with Crippen LogP contribution in [-0.4, -0.2) is 6.29 Å². The van der Waals surface area contributed by atoms with E-state index in [0.29, 0.717) is 17.1 Å². The fourth-order valence-corrected chi connectivity index (χ4v) is 0.818. The molecule has 0 aliphatic rings. The van der Waals surface area contributed by atoms with Gasteiger partial charge in [0.05, 0.1) is 5.02 Å². The van der Waals surface area contributed by atoms with Crippen LogP contribution in [0.25, 0.3) is 0 Å². The highest BCUT2D eigenvalue weighted by Crippen LogP contribution is 2.17. The number of carbonyl (C=O) groups is 1. The molecule has 0 radical (unpaired) electrons. The molecule has 48 valence electrons. The van der Waals surface area contributed by atoms with Crippen molar-refractivity contribution in [1.82, 2.24) is 0 Å². The van der Waals surface area contributed by atoms with Gasteiger partial charge in [-0.15, -0.1) is 0 Å². The van der Waals surface area contributed by atoms with E-state index in [2.05, 4.69) is 0 Å². The SMILES string of the molecule is Cc1cc(Cl)c(C=O)o1. The van der Waals surface area contributed by atoms with Crippen LogP contribution in [0.1, 0.15) is 16.3 Å². The van der Waals surface area contributed by atoms with Gasteiger partial charge in [-0.05, 0) is 13.0 Å². The van der Waals surface area contributed by atoms with Crippen LogP contribution >= 0.6 is 11.6 Å². The van der Waals surface area contributed by atoms with Gasteiger partial charge in [-0.3, -0.25) is 4.79 Å². The quantitative estimate of drug-likeness (QED) is 0.565. The molecule has 0 bridgehead atoms. The topological polar surface area (TPSA) is 30.2 Å². The van der Waals surface area contributed by atoms with Crippen LogP contribution in [0.2, 0.25) is 5.02 Å². The zero-order valence-corrected chi connectivity index (χ0v) is 5.61. The number of furan rings is 1. The minimum absolute atomic E-state index is 0.203. The van der Waals surface area contributed by atoms with Crippen LogP contribution in [0.3, 0.4) is 0 Å². The Morgan fingerprint density at radius 1 is 1.78 bits per heavy atom. The molecule has 1 aromatic rings. The van der Waals surface area contributed by atoms with E-state index in [1.54, 1.807) is 13.0 Å². The Morgan fingerprint density at radius 2 is 2.44 bits per heavy atom. The number of carbonyl (C=O) groups excluding carboxylic acids is 1. The molecule has 0 aliphatic heterocycles. The largest absolute Gasteiger partial charge is 0.457 e. The first-order valence-corrected chi connectivity index (χ1v) is 2.83. The maximum Gasteiger partial charge on any atom is 0.186 e. The van der Waals surface area contributed by atoms with Crippen molar-refractivity contribution in [3.05, 3.63) is 22.6 Å². The number of aryl methyl sites for hydroxylation is 1. The molecule has 0 spiro atoms. The molecule has 2 nitrogen and oxygen atoms in total.